The number of ether oxygens (including phenoxy) is 1. The molecule has 0 aliphatic rings. The van der Waals surface area contributed by atoms with Gasteiger partial charge in [0.05, 0.1) is 5.69 Å². The Morgan fingerprint density at radius 2 is 1.82 bits per heavy atom. The minimum atomic E-state index is -0.489. The molecule has 4 nitrogen and oxygen atoms in total. The largest absolute Gasteiger partial charge is 0.455 e. The molecule has 0 atom stereocenters. The molecule has 0 bridgehead atoms. The van der Waals surface area contributed by atoms with E-state index in [1.165, 1.54) is 0 Å². The molecule has 0 radical (unpaired) electrons. The third-order valence-corrected chi connectivity index (χ3v) is 2.27. The Balaban J connectivity index is 2.28. The summed E-state index contributed by atoms with van der Waals surface area (Å²) in [5, 5.41) is 0. The quantitative estimate of drug-likeness (QED) is 0.790. The van der Waals surface area contributed by atoms with Crippen molar-refractivity contribution in [1.82, 2.24) is 0 Å². The topological polar surface area (TPSA) is 78.3 Å². The summed E-state index contributed by atoms with van der Waals surface area (Å²) >= 11 is 0. The van der Waals surface area contributed by atoms with Crippen LogP contribution in [0.25, 0.3) is 0 Å². The summed E-state index contributed by atoms with van der Waals surface area (Å²) in [5.41, 5.74) is 11.9. The Labute approximate surface area is 98.8 Å². The van der Waals surface area contributed by atoms with Gasteiger partial charge in [0.2, 0.25) is 5.91 Å². The van der Waals surface area contributed by atoms with Gasteiger partial charge in [-0.1, -0.05) is 18.2 Å². The highest BCUT2D eigenvalue weighted by Gasteiger charge is 2.04. The van der Waals surface area contributed by atoms with Crippen molar-refractivity contribution in [2.45, 2.75) is 0 Å². The van der Waals surface area contributed by atoms with Gasteiger partial charge in [0.15, 0.2) is 0 Å². The molecular weight excluding hydrogens is 216 g/mol. The van der Waals surface area contributed by atoms with Gasteiger partial charge >= 0.3 is 0 Å². The summed E-state index contributed by atoms with van der Waals surface area (Å²) in [6, 6.07) is 13.8. The first-order valence-corrected chi connectivity index (χ1v) is 5.09. The molecule has 0 spiro atoms. The lowest BCUT2D eigenvalue weighted by molar-refractivity contribution is 0.1000. The second kappa shape index (κ2) is 4.57. The van der Waals surface area contributed by atoms with Crippen molar-refractivity contribution in [2.24, 2.45) is 5.73 Å². The molecule has 0 heterocycles. The maximum Gasteiger partial charge on any atom is 0.248 e. The Morgan fingerprint density at radius 1 is 1.06 bits per heavy atom. The molecule has 2 aromatic rings. The number of carbonyl (C=O) groups is 1. The van der Waals surface area contributed by atoms with Crippen molar-refractivity contribution >= 4 is 11.6 Å². The van der Waals surface area contributed by atoms with E-state index >= 15 is 0 Å². The number of hydrogen-bond acceptors (Lipinski definition) is 3. The molecule has 17 heavy (non-hydrogen) atoms. The second-order valence-electron chi connectivity index (χ2n) is 3.53. The summed E-state index contributed by atoms with van der Waals surface area (Å²) in [7, 11) is 0. The number of carbonyl (C=O) groups excluding carboxylic acids is 1. The molecular formula is C13H12N2O2. The van der Waals surface area contributed by atoms with Gasteiger partial charge < -0.3 is 16.2 Å². The van der Waals surface area contributed by atoms with Crippen molar-refractivity contribution < 1.29 is 9.53 Å². The lowest BCUT2D eigenvalue weighted by Crippen LogP contribution is -2.10. The zero-order valence-electron chi connectivity index (χ0n) is 9.09. The van der Waals surface area contributed by atoms with Gasteiger partial charge in [-0.2, -0.15) is 0 Å². The summed E-state index contributed by atoms with van der Waals surface area (Å²) in [5.74, 6) is 0.588. The van der Waals surface area contributed by atoms with Gasteiger partial charge in [0.25, 0.3) is 0 Å². The number of amides is 1. The number of para-hydroxylation sites is 2. The lowest BCUT2D eigenvalue weighted by Gasteiger charge is -2.08. The molecule has 1 amide bonds. The number of nitrogens with two attached hydrogens (primary N) is 2. The van der Waals surface area contributed by atoms with E-state index in [1.807, 2.05) is 12.1 Å². The maximum atomic E-state index is 11.0. The normalized spacial score (nSPS) is 9.88. The van der Waals surface area contributed by atoms with Crippen LogP contribution in [-0.4, -0.2) is 5.91 Å². The first-order chi connectivity index (χ1) is 8.16. The van der Waals surface area contributed by atoms with Gasteiger partial charge in [-0.25, -0.2) is 0 Å². The van der Waals surface area contributed by atoms with Crippen LogP contribution < -0.4 is 16.2 Å². The van der Waals surface area contributed by atoms with Crippen LogP contribution in [0.15, 0.2) is 48.5 Å². The van der Waals surface area contributed by atoms with Crippen LogP contribution >= 0.6 is 0 Å². The molecule has 0 saturated heterocycles. The molecule has 4 N–H and O–H groups in total. The number of nitrogen functional groups attached to an aromatic ring is 1. The predicted molar refractivity (Wildman–Crippen MR) is 65.9 cm³/mol. The van der Waals surface area contributed by atoms with Gasteiger partial charge in [0.1, 0.15) is 11.5 Å². The fraction of sp³-hybridized carbons (Fsp3) is 0. The van der Waals surface area contributed by atoms with Crippen LogP contribution in [0.5, 0.6) is 11.5 Å². The number of rotatable bonds is 3. The van der Waals surface area contributed by atoms with Crippen LogP contribution in [0.2, 0.25) is 0 Å². The Hall–Kier alpha value is -2.49. The van der Waals surface area contributed by atoms with E-state index in [4.69, 9.17) is 16.2 Å². The molecule has 0 aliphatic carbocycles. The van der Waals surface area contributed by atoms with Gasteiger partial charge in [0, 0.05) is 5.56 Å². The van der Waals surface area contributed by atoms with Crippen molar-refractivity contribution in [2.75, 3.05) is 5.73 Å². The summed E-state index contributed by atoms with van der Waals surface area (Å²) in [6.45, 7) is 0. The fourth-order valence-corrected chi connectivity index (χ4v) is 1.41. The molecule has 0 unspecified atom stereocenters. The number of hydrogen-bond donors (Lipinski definition) is 2. The average molecular weight is 228 g/mol. The smallest absolute Gasteiger partial charge is 0.248 e. The van der Waals surface area contributed by atoms with E-state index in [-0.39, 0.29) is 0 Å². The molecule has 0 fully saturated rings. The minimum Gasteiger partial charge on any atom is -0.455 e. The number of anilines is 1. The molecule has 0 aliphatic heterocycles. The van der Waals surface area contributed by atoms with Crippen LogP contribution in [0, 0.1) is 0 Å². The summed E-state index contributed by atoms with van der Waals surface area (Å²) < 4.78 is 5.57. The lowest BCUT2D eigenvalue weighted by atomic mass is 10.2. The fourth-order valence-electron chi connectivity index (χ4n) is 1.41. The molecule has 86 valence electrons. The minimum absolute atomic E-state index is 0.400. The maximum absolute atomic E-state index is 11.0. The van der Waals surface area contributed by atoms with Crippen LogP contribution in [0.1, 0.15) is 10.4 Å². The number of primary amides is 1. The van der Waals surface area contributed by atoms with E-state index < -0.39 is 5.91 Å². The highest BCUT2D eigenvalue weighted by atomic mass is 16.5. The summed E-state index contributed by atoms with van der Waals surface area (Å²) in [4.78, 5) is 11.0. The third kappa shape index (κ3) is 2.55. The van der Waals surface area contributed by atoms with Crippen LogP contribution in [0.3, 0.4) is 0 Å². The van der Waals surface area contributed by atoms with E-state index in [2.05, 4.69) is 0 Å². The monoisotopic (exact) mass is 228 g/mol. The molecule has 2 rings (SSSR count). The zero-order chi connectivity index (χ0) is 12.3. The third-order valence-electron chi connectivity index (χ3n) is 2.27. The first kappa shape index (κ1) is 11.0. The van der Waals surface area contributed by atoms with E-state index in [0.717, 1.165) is 0 Å². The highest BCUT2D eigenvalue weighted by Crippen LogP contribution is 2.27. The van der Waals surface area contributed by atoms with Crippen molar-refractivity contribution in [3.8, 4) is 11.5 Å². The first-order valence-electron chi connectivity index (χ1n) is 5.09. The Bertz CT molecular complexity index is 553. The van der Waals surface area contributed by atoms with Crippen molar-refractivity contribution in [3.05, 3.63) is 54.1 Å². The van der Waals surface area contributed by atoms with E-state index in [0.29, 0.717) is 22.7 Å². The van der Waals surface area contributed by atoms with Gasteiger partial charge in [-0.15, -0.1) is 0 Å². The SMILES string of the molecule is NC(=O)c1cccc(Oc2ccccc2N)c1. The van der Waals surface area contributed by atoms with E-state index in [9.17, 15) is 4.79 Å². The van der Waals surface area contributed by atoms with Gasteiger partial charge in [-0.3, -0.25) is 4.79 Å². The average Bonchev–Trinajstić information content (AvgIpc) is 2.32. The van der Waals surface area contributed by atoms with Crippen molar-refractivity contribution in [3.63, 3.8) is 0 Å². The Morgan fingerprint density at radius 3 is 2.53 bits per heavy atom. The molecule has 2 aromatic carbocycles. The molecule has 4 heteroatoms. The van der Waals surface area contributed by atoms with Crippen LogP contribution in [-0.2, 0) is 0 Å². The van der Waals surface area contributed by atoms with Crippen molar-refractivity contribution in [1.29, 1.82) is 0 Å². The Kier molecular flexibility index (Phi) is 2.96. The predicted octanol–water partition coefficient (Wildman–Crippen LogP) is 2.16. The molecule has 0 aromatic heterocycles. The zero-order valence-corrected chi connectivity index (χ0v) is 9.09. The van der Waals surface area contributed by atoms with E-state index in [1.54, 1.807) is 36.4 Å². The second-order valence-corrected chi connectivity index (χ2v) is 3.53. The van der Waals surface area contributed by atoms with Gasteiger partial charge in [-0.05, 0) is 30.3 Å². The summed E-state index contributed by atoms with van der Waals surface area (Å²) in [6.07, 6.45) is 0. The standard InChI is InChI=1S/C13H12N2O2/c14-11-6-1-2-7-12(11)17-10-5-3-4-9(8-10)13(15)16/h1-8H,14H2,(H2,15,16). The highest BCUT2D eigenvalue weighted by molar-refractivity contribution is 5.93. The number of benzene rings is 2. The molecule has 0 saturated carbocycles. The van der Waals surface area contributed by atoms with Crippen LogP contribution in [0.4, 0.5) is 5.69 Å².